The molecule has 2 aliphatic heterocycles. The molecule has 3 aromatic rings. The number of aliphatic hydroxyl groups is 1. The van der Waals surface area contributed by atoms with Gasteiger partial charge in [-0.05, 0) is 68.5 Å². The van der Waals surface area contributed by atoms with Crippen LogP contribution in [0.4, 0.5) is 4.79 Å². The standard InChI is InChI=1S/C37H45N5O6/c43-30-11-9-28(29-10-12-33(45)41-35(29)30)31(44)24-39-26-16-22-42(23-17-26)34(46)13-19-37(25-6-2-1-3-7-25)18-5-4-8-32(37)40-36(47)48-27-14-20-38-21-15-27/h1-12,18,26-27,31-32,38-39,43-44H,13-17,19-24H2,(H,40,47)(H,41,45)/t31-,32?,37?/m0/s1. The maximum Gasteiger partial charge on any atom is 0.407 e. The highest BCUT2D eigenvalue weighted by molar-refractivity contribution is 5.87. The van der Waals surface area contributed by atoms with E-state index in [1.807, 2.05) is 53.5 Å². The van der Waals surface area contributed by atoms with Crippen LogP contribution < -0.4 is 21.5 Å². The number of aromatic amines is 1. The summed E-state index contributed by atoms with van der Waals surface area (Å²) >= 11 is 0. The van der Waals surface area contributed by atoms with E-state index >= 15 is 0 Å². The number of nitrogens with one attached hydrogen (secondary N) is 4. The predicted molar refractivity (Wildman–Crippen MR) is 184 cm³/mol. The van der Waals surface area contributed by atoms with Crippen LogP contribution in [0.1, 0.15) is 55.8 Å². The van der Waals surface area contributed by atoms with Crippen LogP contribution in [0.3, 0.4) is 0 Å². The molecule has 11 heteroatoms. The van der Waals surface area contributed by atoms with Gasteiger partial charge in [-0.15, -0.1) is 0 Å². The molecular formula is C37H45N5O6. The van der Waals surface area contributed by atoms with Gasteiger partial charge in [0.15, 0.2) is 0 Å². The number of pyridine rings is 1. The molecular weight excluding hydrogens is 610 g/mol. The number of aliphatic hydroxyl groups excluding tert-OH is 1. The number of hydrogen-bond acceptors (Lipinski definition) is 8. The number of phenols is 1. The van der Waals surface area contributed by atoms with Crippen LogP contribution in [-0.4, -0.2) is 83.0 Å². The van der Waals surface area contributed by atoms with Crippen LogP contribution in [0.15, 0.2) is 83.7 Å². The molecule has 2 aromatic carbocycles. The van der Waals surface area contributed by atoms with Crippen molar-refractivity contribution in [2.45, 2.75) is 68.2 Å². The molecule has 6 N–H and O–H groups in total. The lowest BCUT2D eigenvalue weighted by atomic mass is 9.69. The second-order valence-electron chi connectivity index (χ2n) is 13.0. The molecule has 2 amide bonds. The number of aromatic nitrogens is 1. The number of amides is 2. The summed E-state index contributed by atoms with van der Waals surface area (Å²) in [7, 11) is 0. The average molecular weight is 656 g/mol. The van der Waals surface area contributed by atoms with Gasteiger partial charge in [-0.2, -0.15) is 0 Å². The Labute approximate surface area is 280 Å². The summed E-state index contributed by atoms with van der Waals surface area (Å²) < 4.78 is 5.77. The monoisotopic (exact) mass is 655 g/mol. The largest absolute Gasteiger partial charge is 0.506 e. The van der Waals surface area contributed by atoms with Gasteiger partial charge in [-0.25, -0.2) is 4.79 Å². The maximum atomic E-state index is 13.6. The quantitative estimate of drug-likeness (QED) is 0.194. The second kappa shape index (κ2) is 15.2. The van der Waals surface area contributed by atoms with E-state index in [0.717, 1.165) is 44.3 Å². The Morgan fingerprint density at radius 2 is 1.77 bits per heavy atom. The van der Waals surface area contributed by atoms with Gasteiger partial charge in [-0.3, -0.25) is 9.59 Å². The molecule has 2 fully saturated rings. The zero-order valence-electron chi connectivity index (χ0n) is 27.1. The summed E-state index contributed by atoms with van der Waals surface area (Å²) in [5.74, 6) is 0.0311. The summed E-state index contributed by atoms with van der Waals surface area (Å²) in [5, 5.41) is 31.6. The van der Waals surface area contributed by atoms with Gasteiger partial charge in [-0.1, -0.05) is 60.7 Å². The summed E-state index contributed by atoms with van der Waals surface area (Å²) in [5.41, 5.74) is 1.01. The minimum atomic E-state index is -0.844. The number of aromatic hydroxyl groups is 1. The predicted octanol–water partition coefficient (Wildman–Crippen LogP) is 3.54. The van der Waals surface area contributed by atoms with Gasteiger partial charge in [0.05, 0.1) is 17.7 Å². The third-order valence-electron chi connectivity index (χ3n) is 9.97. The summed E-state index contributed by atoms with van der Waals surface area (Å²) in [6.45, 7) is 3.17. The van der Waals surface area contributed by atoms with E-state index in [2.05, 4.69) is 27.0 Å². The van der Waals surface area contributed by atoms with Crippen molar-refractivity contribution in [1.82, 2.24) is 25.8 Å². The molecule has 48 heavy (non-hydrogen) atoms. The van der Waals surface area contributed by atoms with Crippen LogP contribution in [0, 0.1) is 0 Å². The van der Waals surface area contributed by atoms with Crippen LogP contribution in [0.2, 0.25) is 0 Å². The lowest BCUT2D eigenvalue weighted by molar-refractivity contribution is -0.132. The van der Waals surface area contributed by atoms with E-state index in [4.69, 9.17) is 4.74 Å². The van der Waals surface area contributed by atoms with Crippen molar-refractivity contribution in [3.05, 3.63) is 100 Å². The number of carbonyl (C=O) groups is 2. The Balaban J connectivity index is 1.04. The van der Waals surface area contributed by atoms with Gasteiger partial charge in [0.2, 0.25) is 11.5 Å². The lowest BCUT2D eigenvalue weighted by Gasteiger charge is -2.40. The number of allylic oxidation sites excluding steroid dienone is 2. The number of piperidine rings is 2. The number of benzene rings is 2. The molecule has 1 aliphatic carbocycles. The number of rotatable bonds is 10. The number of phenolic OH excluding ortho intramolecular Hbond substituents is 1. The zero-order chi connectivity index (χ0) is 33.5. The number of ether oxygens (including phenoxy) is 1. The first kappa shape index (κ1) is 33.5. The number of hydrogen-bond donors (Lipinski definition) is 6. The normalized spacial score (nSPS) is 22.4. The van der Waals surface area contributed by atoms with Gasteiger partial charge in [0, 0.05) is 49.0 Å². The second-order valence-corrected chi connectivity index (χ2v) is 13.0. The van der Waals surface area contributed by atoms with Crippen molar-refractivity contribution in [2.75, 3.05) is 32.7 Å². The van der Waals surface area contributed by atoms with E-state index < -0.39 is 17.6 Å². The van der Waals surface area contributed by atoms with Crippen LogP contribution in [0.25, 0.3) is 10.9 Å². The maximum absolute atomic E-state index is 13.6. The molecule has 2 saturated heterocycles. The molecule has 0 spiro atoms. The molecule has 3 atom stereocenters. The van der Waals surface area contributed by atoms with Gasteiger partial charge in [0.1, 0.15) is 11.9 Å². The van der Waals surface area contributed by atoms with Crippen LogP contribution in [-0.2, 0) is 14.9 Å². The molecule has 11 nitrogen and oxygen atoms in total. The zero-order valence-corrected chi connectivity index (χ0v) is 27.1. The van der Waals surface area contributed by atoms with Crippen molar-refractivity contribution in [1.29, 1.82) is 0 Å². The van der Waals surface area contributed by atoms with Crippen molar-refractivity contribution in [3.8, 4) is 5.75 Å². The Morgan fingerprint density at radius 1 is 1.00 bits per heavy atom. The SMILES string of the molecule is O=C(NC1C=CC=CC1(CCC(=O)N1CCC(NC[C@H](O)c2ccc(O)c3[nH]c(=O)ccc23)CC1)c1ccccc1)OC1CCNCC1. The number of H-pyrrole nitrogens is 1. The molecule has 3 heterocycles. The average Bonchev–Trinajstić information content (AvgIpc) is 3.11. The summed E-state index contributed by atoms with van der Waals surface area (Å²) in [6.07, 6.45) is 10.5. The van der Waals surface area contributed by atoms with Gasteiger partial charge >= 0.3 is 6.09 Å². The molecule has 0 bridgehead atoms. The van der Waals surface area contributed by atoms with E-state index in [0.29, 0.717) is 48.9 Å². The highest BCUT2D eigenvalue weighted by Gasteiger charge is 2.40. The van der Waals surface area contributed by atoms with E-state index in [9.17, 15) is 24.6 Å². The fourth-order valence-corrected chi connectivity index (χ4v) is 7.23. The highest BCUT2D eigenvalue weighted by atomic mass is 16.6. The van der Waals surface area contributed by atoms with E-state index in [1.165, 1.54) is 12.1 Å². The third-order valence-corrected chi connectivity index (χ3v) is 9.97. The van der Waals surface area contributed by atoms with Gasteiger partial charge < -0.3 is 40.8 Å². The van der Waals surface area contributed by atoms with E-state index in [-0.39, 0.29) is 35.4 Å². The molecule has 6 rings (SSSR count). The van der Waals surface area contributed by atoms with Crippen molar-refractivity contribution in [2.24, 2.45) is 0 Å². The Bertz CT molecular complexity index is 1690. The summed E-state index contributed by atoms with van der Waals surface area (Å²) in [4.78, 5) is 42.9. The van der Waals surface area contributed by atoms with Crippen LogP contribution >= 0.6 is 0 Å². The number of carbonyl (C=O) groups excluding carboxylic acids is 2. The fraction of sp³-hybridized carbons (Fsp3) is 0.432. The van der Waals surface area contributed by atoms with Crippen LogP contribution in [0.5, 0.6) is 5.75 Å². The Morgan fingerprint density at radius 3 is 2.54 bits per heavy atom. The number of alkyl carbamates (subject to hydrolysis) is 1. The molecule has 3 aliphatic rings. The number of fused-ring (bicyclic) bond motifs is 1. The Kier molecular flexibility index (Phi) is 10.6. The topological polar surface area (TPSA) is 156 Å². The van der Waals surface area contributed by atoms with E-state index in [1.54, 1.807) is 12.1 Å². The van der Waals surface area contributed by atoms with Gasteiger partial charge in [0.25, 0.3) is 0 Å². The smallest absolute Gasteiger partial charge is 0.407 e. The molecule has 0 saturated carbocycles. The van der Waals surface area contributed by atoms with Crippen molar-refractivity contribution < 1.29 is 24.5 Å². The first-order chi connectivity index (χ1) is 23.3. The van der Waals surface area contributed by atoms with Crippen molar-refractivity contribution in [3.63, 3.8) is 0 Å². The highest BCUT2D eigenvalue weighted by Crippen LogP contribution is 2.38. The molecule has 254 valence electrons. The molecule has 2 unspecified atom stereocenters. The lowest BCUT2D eigenvalue weighted by Crippen LogP contribution is -2.51. The number of nitrogens with zero attached hydrogens (tertiary/aromatic N) is 1. The molecule has 1 aromatic heterocycles. The summed E-state index contributed by atoms with van der Waals surface area (Å²) in [6, 6.07) is 15.9. The Hall–Kier alpha value is -4.45. The minimum absolute atomic E-state index is 0.0452. The first-order valence-electron chi connectivity index (χ1n) is 17.0. The number of likely N-dealkylation sites (tertiary alicyclic amines) is 1. The third kappa shape index (κ3) is 7.64. The van der Waals surface area contributed by atoms with Crippen molar-refractivity contribution >= 4 is 22.9 Å². The fourth-order valence-electron chi connectivity index (χ4n) is 7.23. The molecule has 0 radical (unpaired) electrons. The minimum Gasteiger partial charge on any atom is -0.506 e. The first-order valence-corrected chi connectivity index (χ1v) is 17.0.